The summed E-state index contributed by atoms with van der Waals surface area (Å²) in [5.41, 5.74) is 3.02. The fraction of sp³-hybridized carbons (Fsp3) is 0.381. The maximum atomic E-state index is 12.1. The van der Waals surface area contributed by atoms with Gasteiger partial charge in [-0.25, -0.2) is 0 Å². The van der Waals surface area contributed by atoms with Crippen LogP contribution in [0.15, 0.2) is 59.6 Å². The lowest BCUT2D eigenvalue weighted by Crippen LogP contribution is -2.37. The number of guanidine groups is 1. The molecule has 0 saturated carbocycles. The first-order chi connectivity index (χ1) is 13.5. The lowest BCUT2D eigenvalue weighted by molar-refractivity contribution is -0.176. The molecule has 8 heteroatoms. The van der Waals surface area contributed by atoms with E-state index in [1.165, 1.54) is 5.56 Å². The van der Waals surface area contributed by atoms with E-state index in [0.717, 1.165) is 24.9 Å². The van der Waals surface area contributed by atoms with Gasteiger partial charge in [0.1, 0.15) is 6.61 Å². The average molecular weight is 521 g/mol. The van der Waals surface area contributed by atoms with Crippen LogP contribution in [-0.4, -0.2) is 32.3 Å². The third kappa shape index (κ3) is 11.1. The molecule has 2 N–H and O–H groups in total. The van der Waals surface area contributed by atoms with E-state index in [-0.39, 0.29) is 30.6 Å². The van der Waals surface area contributed by atoms with Gasteiger partial charge >= 0.3 is 6.18 Å². The second-order valence-corrected chi connectivity index (χ2v) is 6.37. The van der Waals surface area contributed by atoms with Gasteiger partial charge in [-0.1, -0.05) is 54.6 Å². The highest BCUT2D eigenvalue weighted by atomic mass is 127. The van der Waals surface area contributed by atoms with Gasteiger partial charge in [0.15, 0.2) is 5.96 Å². The van der Waals surface area contributed by atoms with Crippen molar-refractivity contribution in [1.29, 1.82) is 0 Å². The van der Waals surface area contributed by atoms with Crippen LogP contribution in [0.25, 0.3) is 0 Å². The zero-order valence-electron chi connectivity index (χ0n) is 16.3. The first kappa shape index (κ1) is 25.2. The first-order valence-electron chi connectivity index (χ1n) is 9.17. The molecule has 0 spiro atoms. The molecule has 4 nitrogen and oxygen atoms in total. The lowest BCUT2D eigenvalue weighted by atomic mass is 10.1. The average Bonchev–Trinajstić information content (AvgIpc) is 2.68. The Morgan fingerprint density at radius 1 is 0.931 bits per heavy atom. The Morgan fingerprint density at radius 2 is 1.59 bits per heavy atom. The Bertz CT molecular complexity index is 722. The van der Waals surface area contributed by atoms with Gasteiger partial charge in [-0.2, -0.15) is 13.2 Å². The smallest absolute Gasteiger partial charge is 0.367 e. The molecule has 2 aromatic carbocycles. The summed E-state index contributed by atoms with van der Waals surface area (Å²) < 4.78 is 40.9. The molecule has 2 aromatic rings. The van der Waals surface area contributed by atoms with E-state index >= 15 is 0 Å². The van der Waals surface area contributed by atoms with E-state index in [1.807, 2.05) is 30.3 Å². The van der Waals surface area contributed by atoms with Gasteiger partial charge in [0.05, 0.1) is 6.61 Å². The molecule has 0 saturated heterocycles. The second kappa shape index (κ2) is 13.4. The van der Waals surface area contributed by atoms with Crippen molar-refractivity contribution in [3.8, 4) is 0 Å². The number of ether oxygens (including phenoxy) is 1. The van der Waals surface area contributed by atoms with Gasteiger partial charge in [-0.15, -0.1) is 24.0 Å². The van der Waals surface area contributed by atoms with E-state index in [0.29, 0.717) is 18.1 Å². The molecule has 0 aliphatic heterocycles. The van der Waals surface area contributed by atoms with Gasteiger partial charge in [0.2, 0.25) is 0 Å². The van der Waals surface area contributed by atoms with Crippen LogP contribution >= 0.6 is 24.0 Å². The van der Waals surface area contributed by atoms with Crippen molar-refractivity contribution in [3.63, 3.8) is 0 Å². The van der Waals surface area contributed by atoms with Gasteiger partial charge in [0.25, 0.3) is 0 Å². The predicted octanol–water partition coefficient (Wildman–Crippen LogP) is 4.68. The highest BCUT2D eigenvalue weighted by Gasteiger charge is 2.27. The summed E-state index contributed by atoms with van der Waals surface area (Å²) in [5.74, 6) is 0.714. The third-order valence-electron chi connectivity index (χ3n) is 4.02. The SMILES string of the molecule is CN=C(NCCCc1ccccc1)NCc1ccc(COCC(F)(F)F)cc1.I. The summed E-state index contributed by atoms with van der Waals surface area (Å²) >= 11 is 0. The van der Waals surface area contributed by atoms with Crippen LogP contribution in [0.4, 0.5) is 13.2 Å². The minimum absolute atomic E-state index is 0. The predicted molar refractivity (Wildman–Crippen MR) is 121 cm³/mol. The number of halogens is 4. The maximum absolute atomic E-state index is 12.1. The number of hydrogen-bond acceptors (Lipinski definition) is 2. The van der Waals surface area contributed by atoms with E-state index in [2.05, 4.69) is 32.5 Å². The molecule has 0 heterocycles. The van der Waals surface area contributed by atoms with Gasteiger partial charge in [-0.05, 0) is 29.5 Å². The van der Waals surface area contributed by atoms with Crippen LogP contribution in [0.2, 0.25) is 0 Å². The second-order valence-electron chi connectivity index (χ2n) is 6.37. The Kier molecular flexibility index (Phi) is 11.7. The molecule has 29 heavy (non-hydrogen) atoms. The number of hydrogen-bond donors (Lipinski definition) is 2. The zero-order valence-corrected chi connectivity index (χ0v) is 18.7. The molecule has 0 fully saturated rings. The molecular formula is C21H27F3IN3O. The van der Waals surface area contributed by atoms with Crippen molar-refractivity contribution < 1.29 is 17.9 Å². The quantitative estimate of drug-likeness (QED) is 0.218. The van der Waals surface area contributed by atoms with Gasteiger partial charge in [0, 0.05) is 20.1 Å². The van der Waals surface area contributed by atoms with E-state index in [9.17, 15) is 13.2 Å². The van der Waals surface area contributed by atoms with Crippen molar-refractivity contribution in [2.45, 2.75) is 32.2 Å². The Labute approximate surface area is 187 Å². The Morgan fingerprint density at radius 3 is 2.21 bits per heavy atom. The summed E-state index contributed by atoms with van der Waals surface area (Å²) in [6, 6.07) is 17.6. The minimum atomic E-state index is -4.30. The Balaban J connectivity index is 0.00000420. The Hall–Kier alpha value is -1.81. The van der Waals surface area contributed by atoms with Crippen LogP contribution in [0.5, 0.6) is 0 Å². The van der Waals surface area contributed by atoms with Crippen LogP contribution in [0.1, 0.15) is 23.1 Å². The fourth-order valence-electron chi connectivity index (χ4n) is 2.59. The van der Waals surface area contributed by atoms with E-state index in [4.69, 9.17) is 0 Å². The summed E-state index contributed by atoms with van der Waals surface area (Å²) in [5, 5.41) is 6.50. The number of alkyl halides is 3. The standard InChI is InChI=1S/C21H26F3N3O.HI/c1-25-20(26-13-5-8-17-6-3-2-4-7-17)27-14-18-9-11-19(12-10-18)15-28-16-21(22,23)24;/h2-4,6-7,9-12H,5,8,13-16H2,1H3,(H2,25,26,27);1H. The highest BCUT2D eigenvalue weighted by molar-refractivity contribution is 14.0. The molecule has 0 bridgehead atoms. The van der Waals surface area contributed by atoms with Crippen LogP contribution in [0.3, 0.4) is 0 Å². The molecule has 0 unspecified atom stereocenters. The lowest BCUT2D eigenvalue weighted by Gasteiger charge is -2.12. The van der Waals surface area contributed by atoms with Crippen LogP contribution in [-0.2, 0) is 24.3 Å². The molecule has 0 atom stereocenters. The fourth-order valence-corrected chi connectivity index (χ4v) is 2.59. The van der Waals surface area contributed by atoms with Crippen molar-refractivity contribution >= 4 is 29.9 Å². The van der Waals surface area contributed by atoms with Gasteiger partial charge < -0.3 is 15.4 Å². The van der Waals surface area contributed by atoms with Gasteiger partial charge in [-0.3, -0.25) is 4.99 Å². The molecule has 0 aromatic heterocycles. The van der Waals surface area contributed by atoms with Crippen molar-refractivity contribution in [3.05, 3.63) is 71.3 Å². The number of aryl methyl sites for hydroxylation is 1. The molecular weight excluding hydrogens is 494 g/mol. The summed E-state index contributed by atoms with van der Waals surface area (Å²) in [7, 11) is 1.72. The van der Waals surface area contributed by atoms with Crippen LogP contribution in [0, 0.1) is 0 Å². The van der Waals surface area contributed by atoms with Crippen molar-refractivity contribution in [2.24, 2.45) is 4.99 Å². The number of nitrogens with one attached hydrogen (secondary N) is 2. The third-order valence-corrected chi connectivity index (χ3v) is 4.02. The maximum Gasteiger partial charge on any atom is 0.411 e. The molecule has 0 aliphatic rings. The zero-order chi connectivity index (χ0) is 20.2. The van der Waals surface area contributed by atoms with Crippen LogP contribution < -0.4 is 10.6 Å². The molecule has 0 radical (unpaired) electrons. The number of rotatable bonds is 9. The van der Waals surface area contributed by atoms with Crippen molar-refractivity contribution in [2.75, 3.05) is 20.2 Å². The molecule has 0 aliphatic carbocycles. The number of nitrogens with zero attached hydrogens (tertiary/aromatic N) is 1. The minimum Gasteiger partial charge on any atom is -0.367 e. The first-order valence-corrected chi connectivity index (χ1v) is 9.17. The summed E-state index contributed by atoms with van der Waals surface area (Å²) in [6.45, 7) is 0.0898. The normalized spacial score (nSPS) is 11.7. The topological polar surface area (TPSA) is 45.7 Å². The number of aliphatic imine (C=N–C) groups is 1. The van der Waals surface area contributed by atoms with E-state index < -0.39 is 12.8 Å². The largest absolute Gasteiger partial charge is 0.411 e. The molecule has 2 rings (SSSR count). The summed E-state index contributed by atoms with van der Waals surface area (Å²) in [6.07, 6.45) is -2.30. The van der Waals surface area contributed by atoms with Crippen molar-refractivity contribution in [1.82, 2.24) is 10.6 Å². The summed E-state index contributed by atoms with van der Waals surface area (Å²) in [4.78, 5) is 4.20. The molecule has 0 amide bonds. The highest BCUT2D eigenvalue weighted by Crippen LogP contribution is 2.15. The van der Waals surface area contributed by atoms with E-state index in [1.54, 1.807) is 19.2 Å². The number of benzene rings is 2. The molecule has 160 valence electrons. The monoisotopic (exact) mass is 521 g/mol.